The molecule has 0 spiro atoms. The summed E-state index contributed by atoms with van der Waals surface area (Å²) in [5.74, 6) is 0. The maximum Gasteiger partial charge on any atom is 0.252 e. The van der Waals surface area contributed by atoms with Gasteiger partial charge in [-0.1, -0.05) is 357 Å². The minimum absolute atomic E-state index is 0.107. The van der Waals surface area contributed by atoms with E-state index in [0.717, 1.165) is 95.4 Å². The third-order valence-corrected chi connectivity index (χ3v) is 22.3. The molecule has 0 fully saturated rings. The van der Waals surface area contributed by atoms with Gasteiger partial charge < -0.3 is 14.4 Å². The fraction of sp³-hybridized carbons (Fsp3) is 0.100. The number of anilines is 6. The quantitative estimate of drug-likeness (QED) is 0.0892. The molecule has 14 aromatic carbocycles. The molecule has 3 aliphatic rings. The molecule has 0 amide bonds. The zero-order valence-electron chi connectivity index (χ0n) is 60.0. The zero-order valence-corrected chi connectivity index (χ0v) is 60.0. The lowest BCUT2D eigenvalue weighted by atomic mass is 9.33. The van der Waals surface area contributed by atoms with Gasteiger partial charge in [0.15, 0.2) is 0 Å². The van der Waals surface area contributed by atoms with Crippen LogP contribution in [0.5, 0.6) is 0 Å². The number of hydrogen-bond acceptors (Lipinski definition) is 2. The van der Waals surface area contributed by atoms with E-state index in [1.165, 1.54) is 82.7 Å². The van der Waals surface area contributed by atoms with Crippen molar-refractivity contribution in [1.82, 2.24) is 4.57 Å². The molecule has 18 rings (SSSR count). The van der Waals surface area contributed by atoms with Crippen LogP contribution in [0.25, 0.3) is 94.3 Å². The van der Waals surface area contributed by atoms with E-state index in [1.807, 2.05) is 6.08 Å². The fourth-order valence-corrected chi connectivity index (χ4v) is 17.4. The molecule has 0 bridgehead atoms. The summed E-state index contributed by atoms with van der Waals surface area (Å²) in [5, 5.41) is 2.47. The largest absolute Gasteiger partial charge is 0.310 e. The summed E-state index contributed by atoms with van der Waals surface area (Å²) in [6, 6.07) is 122. The molecule has 0 saturated heterocycles. The average Bonchev–Trinajstić information content (AvgIpc) is 0.768. The predicted octanol–water partition coefficient (Wildman–Crippen LogP) is 24.8. The van der Waals surface area contributed by atoms with E-state index < -0.39 is 5.41 Å². The Kier molecular flexibility index (Phi) is 15.4. The summed E-state index contributed by atoms with van der Waals surface area (Å²) in [6.07, 6.45) is 8.46. The smallest absolute Gasteiger partial charge is 0.252 e. The van der Waals surface area contributed by atoms with Crippen LogP contribution in [0.3, 0.4) is 0 Å². The maximum atomic E-state index is 4.19. The number of fused-ring (bicyclic) bond motifs is 10. The van der Waals surface area contributed by atoms with Crippen molar-refractivity contribution in [1.29, 1.82) is 0 Å². The van der Waals surface area contributed by atoms with Gasteiger partial charge in [-0.25, -0.2) is 0 Å². The summed E-state index contributed by atoms with van der Waals surface area (Å²) in [5.41, 5.74) is 34.0. The lowest BCUT2D eigenvalue weighted by Crippen LogP contribution is -2.61. The molecule has 3 heterocycles. The monoisotopic (exact) mass is 1330 g/mol. The first kappa shape index (κ1) is 63.9. The van der Waals surface area contributed by atoms with Gasteiger partial charge in [0.1, 0.15) is 0 Å². The summed E-state index contributed by atoms with van der Waals surface area (Å²) < 4.78 is 2.59. The SMILES string of the molecule is C=C/C=C\C=C(/C)C1(c2cc3c4c(c2)N(c2c(-c5ccccc5)cccc2-c2ccccc2)c2cc(-n5c6cc(C(C)(C)C)ccc6c6ccc(C(C)(C)C)cc65)ccc2B4c2cc(-c4ccccc4)ccc2N3c2c(-c3ccccc3)cccc2-c2ccccc2)c2ccccc2-c2ccccc21. The summed E-state index contributed by atoms with van der Waals surface area (Å²) in [4.78, 5) is 5.43. The molecule has 0 saturated carbocycles. The van der Waals surface area contributed by atoms with Crippen molar-refractivity contribution in [2.45, 2.75) is 64.7 Å². The van der Waals surface area contributed by atoms with Crippen LogP contribution in [0.15, 0.2) is 358 Å². The molecule has 2 aliphatic heterocycles. The van der Waals surface area contributed by atoms with Crippen LogP contribution >= 0.6 is 0 Å². The molecule has 1 aromatic heterocycles. The highest BCUT2D eigenvalue weighted by molar-refractivity contribution is 7.00. The van der Waals surface area contributed by atoms with Crippen molar-refractivity contribution < 1.29 is 0 Å². The Morgan fingerprint density at radius 2 is 0.779 bits per heavy atom. The van der Waals surface area contributed by atoms with E-state index in [4.69, 9.17) is 0 Å². The molecule has 3 nitrogen and oxygen atoms in total. The van der Waals surface area contributed by atoms with Gasteiger partial charge in [-0.05, 0) is 149 Å². The van der Waals surface area contributed by atoms with Crippen molar-refractivity contribution in [3.8, 4) is 72.4 Å². The van der Waals surface area contributed by atoms with E-state index in [0.29, 0.717) is 0 Å². The molecule has 0 N–H and O–H groups in total. The molecule has 4 heteroatoms. The fourth-order valence-electron chi connectivity index (χ4n) is 17.4. The Labute approximate surface area is 612 Å². The Bertz CT molecular complexity index is 5730. The molecule has 0 atom stereocenters. The van der Waals surface area contributed by atoms with Gasteiger partial charge in [-0.2, -0.15) is 0 Å². The number of benzene rings is 14. The second-order valence-electron chi connectivity index (χ2n) is 30.4. The minimum Gasteiger partial charge on any atom is -0.310 e. The number of aromatic nitrogens is 1. The van der Waals surface area contributed by atoms with Gasteiger partial charge in [-0.15, -0.1) is 0 Å². The van der Waals surface area contributed by atoms with Gasteiger partial charge in [0.05, 0.1) is 27.8 Å². The highest BCUT2D eigenvalue weighted by Gasteiger charge is 2.51. The van der Waals surface area contributed by atoms with Crippen LogP contribution in [0, 0.1) is 0 Å². The second kappa shape index (κ2) is 25.1. The van der Waals surface area contributed by atoms with Gasteiger partial charge in [-0.3, -0.25) is 0 Å². The van der Waals surface area contributed by atoms with Crippen LogP contribution in [-0.4, -0.2) is 11.3 Å². The van der Waals surface area contributed by atoms with Crippen molar-refractivity contribution in [2.75, 3.05) is 9.80 Å². The number of allylic oxidation sites excluding steroid dienone is 5. The number of rotatable bonds is 12. The van der Waals surface area contributed by atoms with Gasteiger partial charge in [0.25, 0.3) is 6.71 Å². The third-order valence-electron chi connectivity index (χ3n) is 22.3. The third kappa shape index (κ3) is 10.2. The molecule has 0 radical (unpaired) electrons. The van der Waals surface area contributed by atoms with Crippen molar-refractivity contribution in [3.63, 3.8) is 0 Å². The Hall–Kier alpha value is -12.2. The molecule has 498 valence electrons. The van der Waals surface area contributed by atoms with Crippen LogP contribution in [0.1, 0.15) is 76.3 Å². The topological polar surface area (TPSA) is 11.4 Å². The molecular formula is C100H80BN3. The Balaban J connectivity index is 1.07. The highest BCUT2D eigenvalue weighted by atomic mass is 15.2. The number of hydrogen-bond donors (Lipinski definition) is 0. The Morgan fingerprint density at radius 1 is 0.356 bits per heavy atom. The van der Waals surface area contributed by atoms with Crippen LogP contribution < -0.4 is 26.2 Å². The molecular weight excluding hydrogens is 1250 g/mol. The zero-order chi connectivity index (χ0) is 70.6. The molecule has 0 unspecified atom stereocenters. The van der Waals surface area contributed by atoms with Gasteiger partial charge in [0, 0.05) is 61.5 Å². The first-order chi connectivity index (χ1) is 50.8. The second-order valence-corrected chi connectivity index (χ2v) is 30.4. The molecule has 104 heavy (non-hydrogen) atoms. The van der Waals surface area contributed by atoms with Crippen LogP contribution in [-0.2, 0) is 16.2 Å². The summed E-state index contributed by atoms with van der Waals surface area (Å²) in [6.45, 7) is 20.3. The van der Waals surface area contributed by atoms with E-state index in [9.17, 15) is 0 Å². The molecule has 15 aromatic rings. The summed E-state index contributed by atoms with van der Waals surface area (Å²) >= 11 is 0. The van der Waals surface area contributed by atoms with Crippen molar-refractivity contribution in [3.05, 3.63) is 386 Å². The standard InChI is InChI=1S/C100H80BN3/c1-9-10-16-33-66(2)100(85-50-29-27-44-81(85)82-45-28-30-51-86(82)100)75-63-93-95-94(64-75)104(97-79(70-40-23-14-24-41-70)48-32-49-80(97)71-42-25-15-26-43-71)92-65-76(102-90-61-73(98(3,4)5)53-56-83(90)84-57-54-74(62-91(84)102)99(6,7)8)55-58-87(92)101(95)88-60-72(67-34-17-11-18-35-67)52-59-89(88)103(93)96-77(68-36-19-12-20-37-68)46-31-47-78(96)69-38-21-13-22-39-69/h9-65H,1H2,2-8H3/b16-10-,66-33+. The van der Waals surface area contributed by atoms with E-state index >= 15 is 0 Å². The lowest BCUT2D eigenvalue weighted by molar-refractivity contribution is 0.591. The number of para-hydroxylation sites is 2. The normalized spacial score (nSPS) is 13.6. The van der Waals surface area contributed by atoms with E-state index in [1.54, 1.807) is 0 Å². The van der Waals surface area contributed by atoms with E-state index in [2.05, 4.69) is 409 Å². The Morgan fingerprint density at radius 3 is 1.23 bits per heavy atom. The van der Waals surface area contributed by atoms with E-state index in [-0.39, 0.29) is 17.5 Å². The van der Waals surface area contributed by atoms with Crippen LogP contribution in [0.2, 0.25) is 0 Å². The van der Waals surface area contributed by atoms with Gasteiger partial charge >= 0.3 is 0 Å². The van der Waals surface area contributed by atoms with Crippen molar-refractivity contribution in [2.24, 2.45) is 0 Å². The maximum absolute atomic E-state index is 4.19. The minimum atomic E-state index is -0.822. The average molecular weight is 1330 g/mol. The first-order valence-corrected chi connectivity index (χ1v) is 36.6. The van der Waals surface area contributed by atoms with Crippen LogP contribution in [0.4, 0.5) is 34.1 Å². The molecule has 1 aliphatic carbocycles. The predicted molar refractivity (Wildman–Crippen MR) is 444 cm³/mol. The summed E-state index contributed by atoms with van der Waals surface area (Å²) in [7, 11) is 0. The van der Waals surface area contributed by atoms with Gasteiger partial charge in [0.2, 0.25) is 0 Å². The first-order valence-electron chi connectivity index (χ1n) is 36.6. The lowest BCUT2D eigenvalue weighted by Gasteiger charge is -2.47. The highest BCUT2D eigenvalue weighted by Crippen LogP contribution is 2.60. The number of nitrogens with zero attached hydrogens (tertiary/aromatic N) is 3. The van der Waals surface area contributed by atoms with Crippen molar-refractivity contribution >= 4 is 79.0 Å².